The molecule has 4 nitrogen and oxygen atoms in total. The first-order valence-electron chi connectivity index (χ1n) is 7.04. The van der Waals surface area contributed by atoms with E-state index in [1.165, 1.54) is 0 Å². The van der Waals surface area contributed by atoms with Gasteiger partial charge in [-0.15, -0.1) is 0 Å². The maximum absolute atomic E-state index is 12.8. The number of rotatable bonds is 2. The first-order valence-corrected chi connectivity index (χ1v) is 7.83. The van der Waals surface area contributed by atoms with Crippen molar-refractivity contribution in [2.75, 3.05) is 6.61 Å². The Bertz CT molecular complexity index is 652. The highest BCUT2D eigenvalue weighted by molar-refractivity contribution is 9.10. The average Bonchev–Trinajstić information content (AvgIpc) is 2.61. The van der Waals surface area contributed by atoms with E-state index in [1.54, 1.807) is 19.1 Å². The monoisotopic (exact) mass is 350 g/mol. The largest absolute Gasteiger partial charge is 0.465 e. The third-order valence-electron chi connectivity index (χ3n) is 4.45. The van der Waals surface area contributed by atoms with Crippen LogP contribution >= 0.6 is 15.9 Å². The SMILES string of the molecule is CCOC(=O)[C@]12CC(=O)[C@H](CCc3c(Br)cccc31)C2=O. The molecule has 2 atom stereocenters. The number of ether oxygens (including phenoxy) is 1. The zero-order chi connectivity index (χ0) is 15.2. The van der Waals surface area contributed by atoms with E-state index < -0.39 is 17.3 Å². The van der Waals surface area contributed by atoms with Crippen molar-refractivity contribution in [1.29, 1.82) is 0 Å². The Morgan fingerprint density at radius 2 is 2.19 bits per heavy atom. The number of carbonyl (C=O) groups is 3. The number of ketones is 2. The molecule has 2 bridgehead atoms. The number of Topliss-reactive ketones (excluding diaryl/α,β-unsaturated/α-hetero) is 2. The Balaban J connectivity index is 2.26. The number of carbonyl (C=O) groups excluding carboxylic acids is 3. The lowest BCUT2D eigenvalue weighted by Crippen LogP contribution is -2.42. The van der Waals surface area contributed by atoms with E-state index in [4.69, 9.17) is 4.74 Å². The normalized spacial score (nSPS) is 27.2. The van der Waals surface area contributed by atoms with Crippen molar-refractivity contribution in [3.63, 3.8) is 0 Å². The Hall–Kier alpha value is -1.49. The molecule has 0 spiro atoms. The highest BCUT2D eigenvalue weighted by Crippen LogP contribution is 2.47. The fourth-order valence-corrected chi connectivity index (χ4v) is 4.04. The van der Waals surface area contributed by atoms with Gasteiger partial charge in [0.15, 0.2) is 11.2 Å². The predicted molar refractivity (Wildman–Crippen MR) is 78.9 cm³/mol. The van der Waals surface area contributed by atoms with E-state index in [9.17, 15) is 14.4 Å². The number of benzene rings is 1. The summed E-state index contributed by atoms with van der Waals surface area (Å²) >= 11 is 3.49. The third kappa shape index (κ3) is 1.90. The summed E-state index contributed by atoms with van der Waals surface area (Å²) in [4.78, 5) is 37.5. The van der Waals surface area contributed by atoms with Crippen LogP contribution in [0.2, 0.25) is 0 Å². The van der Waals surface area contributed by atoms with E-state index in [2.05, 4.69) is 15.9 Å². The molecule has 3 rings (SSSR count). The molecule has 0 unspecified atom stereocenters. The first-order chi connectivity index (χ1) is 10.0. The quantitative estimate of drug-likeness (QED) is 0.606. The van der Waals surface area contributed by atoms with Gasteiger partial charge in [0.2, 0.25) is 0 Å². The smallest absolute Gasteiger partial charge is 0.324 e. The van der Waals surface area contributed by atoms with Gasteiger partial charge in [-0.2, -0.15) is 0 Å². The lowest BCUT2D eigenvalue weighted by Gasteiger charge is -2.26. The second kappa shape index (κ2) is 5.05. The second-order valence-electron chi connectivity index (χ2n) is 5.49. The molecule has 2 aliphatic rings. The van der Waals surface area contributed by atoms with Crippen molar-refractivity contribution in [3.8, 4) is 0 Å². The van der Waals surface area contributed by atoms with Crippen molar-refractivity contribution in [1.82, 2.24) is 0 Å². The first kappa shape index (κ1) is 14.4. The summed E-state index contributed by atoms with van der Waals surface area (Å²) < 4.78 is 6.02. The molecule has 5 heteroatoms. The zero-order valence-electron chi connectivity index (χ0n) is 11.6. The van der Waals surface area contributed by atoms with Gasteiger partial charge in [0, 0.05) is 10.9 Å². The molecule has 0 radical (unpaired) electrons. The predicted octanol–water partition coefficient (Wildman–Crippen LogP) is 2.35. The lowest BCUT2D eigenvalue weighted by atomic mass is 9.76. The summed E-state index contributed by atoms with van der Waals surface area (Å²) in [6, 6.07) is 5.46. The Morgan fingerprint density at radius 1 is 1.43 bits per heavy atom. The highest BCUT2D eigenvalue weighted by atomic mass is 79.9. The van der Waals surface area contributed by atoms with Crippen molar-refractivity contribution in [2.45, 2.75) is 31.6 Å². The Morgan fingerprint density at radius 3 is 2.90 bits per heavy atom. The molecule has 1 saturated carbocycles. The van der Waals surface area contributed by atoms with E-state index in [-0.39, 0.29) is 24.6 Å². The zero-order valence-corrected chi connectivity index (χ0v) is 13.2. The molecule has 0 saturated heterocycles. The standard InChI is InChI=1S/C16H15BrO4/c1-2-21-15(20)16-8-13(18)10(14(16)19)7-6-9-11(16)4-3-5-12(9)17/h3-5,10H,2,6-8H2,1H3/t10-,16+/m0/s1. The van der Waals surface area contributed by atoms with Crippen LogP contribution in [0.25, 0.3) is 0 Å². The minimum Gasteiger partial charge on any atom is -0.465 e. The molecule has 1 aromatic rings. The van der Waals surface area contributed by atoms with Gasteiger partial charge in [0.05, 0.1) is 12.5 Å². The Kier molecular flexibility index (Phi) is 3.48. The number of halogens is 1. The van der Waals surface area contributed by atoms with Gasteiger partial charge in [0.25, 0.3) is 0 Å². The average molecular weight is 351 g/mol. The van der Waals surface area contributed by atoms with Crippen LogP contribution in [-0.2, 0) is 31.0 Å². The molecule has 2 aliphatic carbocycles. The van der Waals surface area contributed by atoms with Gasteiger partial charge in [-0.05, 0) is 37.0 Å². The number of hydrogen-bond acceptors (Lipinski definition) is 4. The van der Waals surface area contributed by atoms with Crippen LogP contribution in [0.1, 0.15) is 30.9 Å². The van der Waals surface area contributed by atoms with Crippen LogP contribution in [-0.4, -0.2) is 24.1 Å². The van der Waals surface area contributed by atoms with Gasteiger partial charge in [0.1, 0.15) is 5.78 Å². The lowest BCUT2D eigenvalue weighted by molar-refractivity contribution is -0.153. The topological polar surface area (TPSA) is 60.4 Å². The molecule has 0 aliphatic heterocycles. The van der Waals surface area contributed by atoms with Crippen LogP contribution < -0.4 is 0 Å². The van der Waals surface area contributed by atoms with Gasteiger partial charge in [-0.3, -0.25) is 14.4 Å². The van der Waals surface area contributed by atoms with Crippen LogP contribution in [0.3, 0.4) is 0 Å². The van der Waals surface area contributed by atoms with Crippen molar-refractivity contribution in [2.24, 2.45) is 5.92 Å². The maximum atomic E-state index is 12.8. The number of fused-ring (bicyclic) bond motifs is 4. The molecule has 0 heterocycles. The van der Waals surface area contributed by atoms with E-state index in [1.807, 2.05) is 6.07 Å². The summed E-state index contributed by atoms with van der Waals surface area (Å²) in [5.74, 6) is -1.69. The fourth-order valence-electron chi connectivity index (χ4n) is 3.47. The van der Waals surface area contributed by atoms with Crippen LogP contribution in [0.4, 0.5) is 0 Å². The Labute approximate surface area is 131 Å². The molecule has 0 aromatic heterocycles. The van der Waals surface area contributed by atoms with Crippen molar-refractivity contribution >= 4 is 33.5 Å². The maximum Gasteiger partial charge on any atom is 0.324 e. The summed E-state index contributed by atoms with van der Waals surface area (Å²) in [7, 11) is 0. The van der Waals surface area contributed by atoms with Crippen molar-refractivity contribution in [3.05, 3.63) is 33.8 Å². The van der Waals surface area contributed by atoms with Gasteiger partial charge >= 0.3 is 5.97 Å². The molecular formula is C16H15BrO4. The second-order valence-corrected chi connectivity index (χ2v) is 6.34. The molecular weight excluding hydrogens is 336 g/mol. The van der Waals surface area contributed by atoms with Gasteiger partial charge in [-0.1, -0.05) is 28.1 Å². The molecule has 1 aromatic carbocycles. The summed E-state index contributed by atoms with van der Waals surface area (Å²) in [6.07, 6.45) is 1.01. The van der Waals surface area contributed by atoms with E-state index in [0.717, 1.165) is 10.0 Å². The molecule has 0 amide bonds. The van der Waals surface area contributed by atoms with Gasteiger partial charge in [-0.25, -0.2) is 0 Å². The van der Waals surface area contributed by atoms with E-state index >= 15 is 0 Å². The van der Waals surface area contributed by atoms with Crippen molar-refractivity contribution < 1.29 is 19.1 Å². The van der Waals surface area contributed by atoms with Crippen LogP contribution in [0, 0.1) is 5.92 Å². The molecule has 1 fully saturated rings. The fraction of sp³-hybridized carbons (Fsp3) is 0.438. The number of esters is 1. The minimum absolute atomic E-state index is 0.0706. The third-order valence-corrected chi connectivity index (χ3v) is 5.19. The molecule has 110 valence electrons. The molecule has 21 heavy (non-hydrogen) atoms. The summed E-state index contributed by atoms with van der Waals surface area (Å²) in [5.41, 5.74) is 0.135. The highest BCUT2D eigenvalue weighted by Gasteiger charge is 2.61. The van der Waals surface area contributed by atoms with Crippen LogP contribution in [0.15, 0.2) is 22.7 Å². The van der Waals surface area contributed by atoms with Gasteiger partial charge < -0.3 is 4.74 Å². The summed E-state index contributed by atoms with van der Waals surface area (Å²) in [5, 5.41) is 0. The van der Waals surface area contributed by atoms with E-state index in [0.29, 0.717) is 18.4 Å². The van der Waals surface area contributed by atoms with Crippen LogP contribution in [0.5, 0.6) is 0 Å². The minimum atomic E-state index is -1.44. The molecule has 0 N–H and O–H groups in total. The number of hydrogen-bond donors (Lipinski definition) is 0. The summed E-state index contributed by atoms with van der Waals surface area (Å²) in [6.45, 7) is 1.89.